The van der Waals surface area contributed by atoms with Crippen molar-refractivity contribution < 1.29 is 9.90 Å². The van der Waals surface area contributed by atoms with Crippen molar-refractivity contribution in [3.05, 3.63) is 59.6 Å². The van der Waals surface area contributed by atoms with Crippen LogP contribution in [0.1, 0.15) is 6.92 Å². The lowest BCUT2D eigenvalue weighted by Gasteiger charge is -2.13. The molecule has 0 fully saturated rings. The molecule has 1 amide bonds. The molecule has 0 unspecified atom stereocenters. The summed E-state index contributed by atoms with van der Waals surface area (Å²) in [7, 11) is 0. The maximum atomic E-state index is 11.5. The normalized spacial score (nSPS) is 10.6. The third-order valence-electron chi connectivity index (χ3n) is 3.46. The van der Waals surface area contributed by atoms with Crippen molar-refractivity contribution in [1.82, 2.24) is 0 Å². The lowest BCUT2D eigenvalue weighted by Crippen LogP contribution is -2.06. The molecular formula is C18H14ClNO2. The Labute approximate surface area is 133 Å². The van der Waals surface area contributed by atoms with Gasteiger partial charge in [0.2, 0.25) is 5.91 Å². The molecule has 2 N–H and O–H groups in total. The van der Waals surface area contributed by atoms with Gasteiger partial charge in [-0.05, 0) is 35.4 Å². The molecule has 110 valence electrons. The molecule has 22 heavy (non-hydrogen) atoms. The van der Waals surface area contributed by atoms with Crippen LogP contribution in [0.5, 0.6) is 5.75 Å². The van der Waals surface area contributed by atoms with E-state index < -0.39 is 0 Å². The zero-order valence-electron chi connectivity index (χ0n) is 11.9. The van der Waals surface area contributed by atoms with Gasteiger partial charge in [0.15, 0.2) is 0 Å². The first-order valence-electron chi connectivity index (χ1n) is 6.84. The fourth-order valence-corrected chi connectivity index (χ4v) is 2.80. The monoisotopic (exact) mass is 311 g/mol. The van der Waals surface area contributed by atoms with Crippen LogP contribution in [0.25, 0.3) is 21.9 Å². The first-order valence-corrected chi connectivity index (χ1v) is 7.22. The Bertz CT molecular complexity index is 874. The molecule has 0 aliphatic heterocycles. The molecule has 0 aromatic heterocycles. The number of phenolic OH excluding ortho intramolecular Hbond substituents is 1. The maximum Gasteiger partial charge on any atom is 0.221 e. The Morgan fingerprint density at radius 2 is 1.86 bits per heavy atom. The maximum absolute atomic E-state index is 11.5. The number of carbonyl (C=O) groups excluding carboxylic acids is 1. The van der Waals surface area contributed by atoms with E-state index in [9.17, 15) is 9.90 Å². The van der Waals surface area contributed by atoms with E-state index >= 15 is 0 Å². The van der Waals surface area contributed by atoms with E-state index in [1.807, 2.05) is 36.4 Å². The summed E-state index contributed by atoms with van der Waals surface area (Å²) in [5.41, 5.74) is 2.46. The van der Waals surface area contributed by atoms with Gasteiger partial charge in [0.25, 0.3) is 0 Å². The van der Waals surface area contributed by atoms with Gasteiger partial charge in [-0.15, -0.1) is 0 Å². The summed E-state index contributed by atoms with van der Waals surface area (Å²) in [6, 6.07) is 16.3. The standard InChI is InChI=1S/C18H14ClNO2/c1-11(21)20-17-7-3-6-15-16(19)9-8-14(18(15)17)12-4-2-5-13(22)10-12/h2-10,22H,1H3,(H,20,21). The van der Waals surface area contributed by atoms with Crippen molar-refractivity contribution in [1.29, 1.82) is 0 Å². The molecule has 0 aliphatic rings. The number of hydrogen-bond donors (Lipinski definition) is 2. The summed E-state index contributed by atoms with van der Waals surface area (Å²) in [6.07, 6.45) is 0. The van der Waals surface area contributed by atoms with Crippen LogP contribution in [0.4, 0.5) is 5.69 Å². The van der Waals surface area contributed by atoms with Gasteiger partial charge in [0.1, 0.15) is 5.75 Å². The number of hydrogen-bond acceptors (Lipinski definition) is 2. The second-order valence-electron chi connectivity index (χ2n) is 5.05. The van der Waals surface area contributed by atoms with Crippen molar-refractivity contribution in [2.45, 2.75) is 6.92 Å². The molecule has 0 radical (unpaired) electrons. The van der Waals surface area contributed by atoms with Gasteiger partial charge in [-0.2, -0.15) is 0 Å². The van der Waals surface area contributed by atoms with E-state index in [2.05, 4.69) is 5.32 Å². The zero-order valence-corrected chi connectivity index (χ0v) is 12.7. The van der Waals surface area contributed by atoms with Crippen molar-refractivity contribution >= 4 is 34.0 Å². The Kier molecular flexibility index (Phi) is 3.73. The highest BCUT2D eigenvalue weighted by molar-refractivity contribution is 6.36. The minimum atomic E-state index is -0.144. The van der Waals surface area contributed by atoms with Crippen molar-refractivity contribution in [2.24, 2.45) is 0 Å². The number of carbonyl (C=O) groups is 1. The van der Waals surface area contributed by atoms with Gasteiger partial charge in [-0.3, -0.25) is 4.79 Å². The summed E-state index contributed by atoms with van der Waals surface area (Å²) >= 11 is 6.29. The fraction of sp³-hybridized carbons (Fsp3) is 0.0556. The Hall–Kier alpha value is -2.52. The van der Waals surface area contributed by atoms with Gasteiger partial charge in [-0.25, -0.2) is 0 Å². The van der Waals surface area contributed by atoms with Crippen molar-refractivity contribution in [3.8, 4) is 16.9 Å². The first-order chi connectivity index (χ1) is 10.6. The van der Waals surface area contributed by atoms with E-state index in [4.69, 9.17) is 11.6 Å². The molecule has 3 aromatic carbocycles. The Morgan fingerprint density at radius 1 is 1.09 bits per heavy atom. The van der Waals surface area contributed by atoms with Crippen LogP contribution in [0.15, 0.2) is 54.6 Å². The highest BCUT2D eigenvalue weighted by Crippen LogP contribution is 2.38. The van der Waals surface area contributed by atoms with Gasteiger partial charge < -0.3 is 10.4 Å². The van der Waals surface area contributed by atoms with E-state index in [0.717, 1.165) is 21.9 Å². The second kappa shape index (κ2) is 5.70. The van der Waals surface area contributed by atoms with E-state index in [-0.39, 0.29) is 11.7 Å². The number of rotatable bonds is 2. The van der Waals surface area contributed by atoms with Crippen molar-refractivity contribution in [3.63, 3.8) is 0 Å². The number of anilines is 1. The predicted octanol–water partition coefficient (Wildman–Crippen LogP) is 4.82. The molecule has 0 saturated heterocycles. The van der Waals surface area contributed by atoms with Gasteiger partial charge in [-0.1, -0.05) is 41.9 Å². The molecule has 0 heterocycles. The number of nitrogens with one attached hydrogen (secondary N) is 1. The largest absolute Gasteiger partial charge is 0.508 e. The first kappa shape index (κ1) is 14.4. The zero-order chi connectivity index (χ0) is 15.7. The number of fused-ring (bicyclic) bond motifs is 1. The Morgan fingerprint density at radius 3 is 2.59 bits per heavy atom. The lowest BCUT2D eigenvalue weighted by molar-refractivity contribution is -0.114. The van der Waals surface area contributed by atoms with Crippen molar-refractivity contribution in [2.75, 3.05) is 5.32 Å². The molecule has 0 atom stereocenters. The topological polar surface area (TPSA) is 49.3 Å². The van der Waals surface area contributed by atoms with E-state index in [0.29, 0.717) is 10.7 Å². The lowest BCUT2D eigenvalue weighted by atomic mass is 9.96. The highest BCUT2D eigenvalue weighted by atomic mass is 35.5. The summed E-state index contributed by atoms with van der Waals surface area (Å²) < 4.78 is 0. The van der Waals surface area contributed by atoms with Crippen LogP contribution >= 0.6 is 11.6 Å². The van der Waals surface area contributed by atoms with Gasteiger partial charge in [0.05, 0.1) is 0 Å². The average Bonchev–Trinajstić information content (AvgIpc) is 2.48. The SMILES string of the molecule is CC(=O)Nc1cccc2c(Cl)ccc(-c3cccc(O)c3)c12. The van der Waals surface area contributed by atoms with Gasteiger partial charge in [0, 0.05) is 28.4 Å². The van der Waals surface area contributed by atoms with E-state index in [1.54, 1.807) is 18.2 Å². The molecule has 3 nitrogen and oxygen atoms in total. The molecule has 0 bridgehead atoms. The number of amides is 1. The number of aromatic hydroxyl groups is 1. The molecular weight excluding hydrogens is 298 g/mol. The molecule has 4 heteroatoms. The van der Waals surface area contributed by atoms with Crippen LogP contribution < -0.4 is 5.32 Å². The van der Waals surface area contributed by atoms with Crippen LogP contribution in [0.3, 0.4) is 0 Å². The smallest absolute Gasteiger partial charge is 0.221 e. The summed E-state index contributed by atoms with van der Waals surface area (Å²) in [4.78, 5) is 11.5. The number of benzene rings is 3. The van der Waals surface area contributed by atoms with Crippen LogP contribution in [0, 0.1) is 0 Å². The van der Waals surface area contributed by atoms with Crippen LogP contribution in [-0.2, 0) is 4.79 Å². The third kappa shape index (κ3) is 2.63. The highest BCUT2D eigenvalue weighted by Gasteiger charge is 2.12. The van der Waals surface area contributed by atoms with Gasteiger partial charge >= 0.3 is 0 Å². The summed E-state index contributed by atoms with van der Waals surface area (Å²) in [6.45, 7) is 1.47. The summed E-state index contributed by atoms with van der Waals surface area (Å²) in [5.74, 6) is 0.0481. The fourth-order valence-electron chi connectivity index (χ4n) is 2.58. The summed E-state index contributed by atoms with van der Waals surface area (Å²) in [5, 5.41) is 14.9. The third-order valence-corrected chi connectivity index (χ3v) is 3.78. The number of phenols is 1. The molecule has 0 aliphatic carbocycles. The molecule has 3 rings (SSSR count). The van der Waals surface area contributed by atoms with Crippen LogP contribution in [0.2, 0.25) is 5.02 Å². The van der Waals surface area contributed by atoms with Crippen LogP contribution in [-0.4, -0.2) is 11.0 Å². The predicted molar refractivity (Wildman–Crippen MR) is 90.4 cm³/mol. The molecule has 0 saturated carbocycles. The minimum Gasteiger partial charge on any atom is -0.508 e. The van der Waals surface area contributed by atoms with E-state index in [1.165, 1.54) is 6.92 Å². The molecule has 0 spiro atoms. The quantitative estimate of drug-likeness (QED) is 0.712. The second-order valence-corrected chi connectivity index (χ2v) is 5.46. The number of halogens is 1. The molecule has 3 aromatic rings. The minimum absolute atomic E-state index is 0.144. The average molecular weight is 312 g/mol. The Balaban J connectivity index is 2.35.